The number of para-hydroxylation sites is 3. The van der Waals surface area contributed by atoms with Crippen LogP contribution in [0.25, 0.3) is 0 Å². The van der Waals surface area contributed by atoms with Crippen molar-refractivity contribution in [1.82, 2.24) is 0 Å². The Balaban J connectivity index is 1.50. The van der Waals surface area contributed by atoms with Crippen molar-refractivity contribution in [2.24, 2.45) is 0 Å². The molecule has 0 aromatic heterocycles. The predicted molar refractivity (Wildman–Crippen MR) is 511 cm³/mol. The van der Waals surface area contributed by atoms with Crippen molar-refractivity contribution in [2.45, 2.75) is 436 Å². The van der Waals surface area contributed by atoms with Gasteiger partial charge in [0.2, 0.25) is 0 Å². The summed E-state index contributed by atoms with van der Waals surface area (Å²) in [5.41, 5.74) is 13.4. The molecular weight excluding hydrogens is 1510 g/mol. The maximum Gasteiger partial charge on any atom is 0.530 e. The van der Waals surface area contributed by atoms with E-state index in [-0.39, 0.29) is 28.1 Å². The van der Waals surface area contributed by atoms with E-state index in [0.717, 1.165) is 140 Å². The van der Waals surface area contributed by atoms with Gasteiger partial charge in [-0.2, -0.15) is 0 Å². The number of unbranched alkanes of at least 4 members (excludes halogenated alkanes) is 33. The maximum atomic E-state index is 7.46. The van der Waals surface area contributed by atoms with E-state index in [1.54, 1.807) is 0 Å². The summed E-state index contributed by atoms with van der Waals surface area (Å²) in [5.74, 6) is 4.98. The molecule has 0 aliphatic heterocycles. The molecule has 9 nitrogen and oxygen atoms in total. The lowest BCUT2D eigenvalue weighted by atomic mass is 9.74. The van der Waals surface area contributed by atoms with Crippen LogP contribution in [0.15, 0.2) is 109 Å². The molecule has 0 fully saturated rings. The number of aryl methyl sites for hydroxylation is 6. The lowest BCUT2D eigenvalue weighted by molar-refractivity contribution is 0.197. The highest BCUT2D eigenvalue weighted by molar-refractivity contribution is 7.43. The Bertz CT molecular complexity index is 3580. The number of benzene rings is 6. The van der Waals surface area contributed by atoms with Crippen molar-refractivity contribution in [3.05, 3.63) is 176 Å². The minimum Gasteiger partial charge on any atom is -0.426 e. The van der Waals surface area contributed by atoms with Crippen LogP contribution in [0.5, 0.6) is 34.5 Å². The van der Waals surface area contributed by atoms with Crippen LogP contribution in [0.4, 0.5) is 0 Å². The molecule has 0 aliphatic rings. The highest BCUT2D eigenvalue weighted by Gasteiger charge is 2.35. The van der Waals surface area contributed by atoms with E-state index < -0.39 is 25.8 Å². The van der Waals surface area contributed by atoms with Crippen molar-refractivity contribution >= 4 is 25.8 Å². The minimum atomic E-state index is -2.00. The van der Waals surface area contributed by atoms with Gasteiger partial charge in [-0.25, -0.2) is 0 Å². The summed E-state index contributed by atoms with van der Waals surface area (Å²) >= 11 is 0. The molecule has 0 bridgehead atoms. The second kappa shape index (κ2) is 57.7. The Labute approximate surface area is 728 Å². The summed E-state index contributed by atoms with van der Waals surface area (Å²) < 4.78 is 64.0. The zero-order valence-corrected chi connectivity index (χ0v) is 81.3. The zero-order valence-electron chi connectivity index (χ0n) is 78.6. The lowest BCUT2D eigenvalue weighted by Crippen LogP contribution is -2.19. The number of hydrogen-bond acceptors (Lipinski definition) is 9. The lowest BCUT2D eigenvalue weighted by Gasteiger charge is -2.33. The molecule has 6 aromatic rings. The quantitative estimate of drug-likeness (QED) is 0.0274. The van der Waals surface area contributed by atoms with Crippen LogP contribution in [-0.2, 0) is 49.1 Å². The standard InChI is InChI=1S/C106H169O9P3/c1-20-26-32-38-44-47-53-65-88-68-56-59-71-98(88)110-117(109-76-64-52-43-37-31-25-6)114-102-80-87(10)93(83-97(102)106(17,18)19)94(92-82-96(105(14,15)16)101(79-86(92)9)113-116(107-74-62-50-41-35-29-23-4)108-75-63-51-42-36-30-24-5)77-84(7)91-81-95(104(11,12)13)103(78-85(91)8)115-118(111-99-72-60-57-69-89(99)66-54-48-45-39-33-27-21-2)112-100-73-61-58-70-90(100)67-55-49-46-40-34-28-22-3/h56-61,68-73,78-84,94H,20-55,62-67,74-77H2,1-19H3. The molecule has 0 amide bonds. The van der Waals surface area contributed by atoms with Crippen molar-refractivity contribution in [2.75, 3.05) is 19.8 Å². The average Bonchev–Trinajstić information content (AvgIpc) is 0.761. The van der Waals surface area contributed by atoms with Gasteiger partial charge in [-0.1, -0.05) is 395 Å². The molecule has 0 spiro atoms. The second-order valence-electron chi connectivity index (χ2n) is 37.5. The molecule has 662 valence electrons. The van der Waals surface area contributed by atoms with Gasteiger partial charge in [0.25, 0.3) is 0 Å². The van der Waals surface area contributed by atoms with Gasteiger partial charge in [0.05, 0.1) is 19.8 Å². The first-order valence-electron chi connectivity index (χ1n) is 48.0. The Morgan fingerprint density at radius 3 is 0.814 bits per heavy atom. The fourth-order valence-electron chi connectivity index (χ4n) is 16.2. The van der Waals surface area contributed by atoms with Crippen molar-refractivity contribution in [3.63, 3.8) is 0 Å². The van der Waals surface area contributed by atoms with Gasteiger partial charge >= 0.3 is 25.8 Å². The molecule has 12 heteroatoms. The van der Waals surface area contributed by atoms with Gasteiger partial charge in [-0.15, -0.1) is 0 Å². The summed E-state index contributed by atoms with van der Waals surface area (Å²) in [7, 11) is -5.52. The zero-order chi connectivity index (χ0) is 85.4. The first-order valence-corrected chi connectivity index (χ1v) is 51.3. The molecule has 0 radical (unpaired) electrons. The molecule has 6 aromatic carbocycles. The van der Waals surface area contributed by atoms with Gasteiger partial charge in [-0.3, -0.25) is 4.52 Å². The monoisotopic (exact) mass is 1680 g/mol. The van der Waals surface area contributed by atoms with E-state index in [1.165, 1.54) is 237 Å². The molecule has 0 heterocycles. The average molecular weight is 1680 g/mol. The smallest absolute Gasteiger partial charge is 0.426 e. The highest BCUT2D eigenvalue weighted by Crippen LogP contribution is 2.53. The van der Waals surface area contributed by atoms with Gasteiger partial charge in [0, 0.05) is 22.6 Å². The Kier molecular flexibility index (Phi) is 49.9. The van der Waals surface area contributed by atoms with Gasteiger partial charge in [0.1, 0.15) is 34.5 Å². The van der Waals surface area contributed by atoms with E-state index in [4.69, 9.17) is 40.7 Å². The topological polar surface area (TPSA) is 83.1 Å². The molecule has 118 heavy (non-hydrogen) atoms. The first-order chi connectivity index (χ1) is 56.9. The third kappa shape index (κ3) is 38.2. The van der Waals surface area contributed by atoms with Crippen LogP contribution in [0.1, 0.15) is 446 Å². The van der Waals surface area contributed by atoms with Gasteiger partial charge in [-0.05, 0) is 194 Å². The third-order valence-electron chi connectivity index (χ3n) is 23.6. The summed E-state index contributed by atoms with van der Waals surface area (Å²) in [4.78, 5) is 0. The summed E-state index contributed by atoms with van der Waals surface area (Å²) in [6.45, 7) is 45.8. The van der Waals surface area contributed by atoms with E-state index >= 15 is 0 Å². The SMILES string of the molecule is CCCCCCCCCc1ccccc1OP(OCCCCCCCC)Oc1cc(C)c(C(CC(C)c2cc(C(C)(C)C)c(OP(Oc3ccccc3CCCCCCCCC)Oc3ccccc3CCCCCCCCC)cc2C)c2cc(C(C)(C)C)c(OP(OCCCCCCCC)OCCCCCCCC)cc2C)cc1C(C)(C)C. The van der Waals surface area contributed by atoms with Crippen LogP contribution in [0, 0.1) is 20.8 Å². The van der Waals surface area contributed by atoms with E-state index in [2.05, 4.69) is 241 Å². The van der Waals surface area contributed by atoms with Crippen molar-refractivity contribution in [1.29, 1.82) is 0 Å². The minimum absolute atomic E-state index is 0.0692. The van der Waals surface area contributed by atoms with Gasteiger partial charge in [0.15, 0.2) is 0 Å². The predicted octanol–water partition coefficient (Wildman–Crippen LogP) is 35.9. The van der Waals surface area contributed by atoms with E-state index in [0.29, 0.717) is 19.8 Å². The summed E-state index contributed by atoms with van der Waals surface area (Å²) in [5, 5.41) is 0. The van der Waals surface area contributed by atoms with Gasteiger partial charge < -0.3 is 36.2 Å². The Hall–Kier alpha value is -4.71. The van der Waals surface area contributed by atoms with Crippen LogP contribution in [0.2, 0.25) is 0 Å². The van der Waals surface area contributed by atoms with E-state index in [1.807, 2.05) is 0 Å². The second-order valence-corrected chi connectivity index (χ2v) is 40.7. The van der Waals surface area contributed by atoms with E-state index in [9.17, 15) is 0 Å². The fraction of sp³-hybridized carbons (Fsp3) is 0.660. The molecule has 6 rings (SSSR count). The van der Waals surface area contributed by atoms with Crippen LogP contribution < -0.4 is 27.1 Å². The molecular formula is C106H169O9P3. The Morgan fingerprint density at radius 2 is 0.500 bits per heavy atom. The van der Waals surface area contributed by atoms with Crippen LogP contribution >= 0.6 is 25.8 Å². The first kappa shape index (κ1) is 102. The van der Waals surface area contributed by atoms with Crippen LogP contribution in [-0.4, -0.2) is 19.8 Å². The molecule has 0 aliphatic carbocycles. The highest BCUT2D eigenvalue weighted by atomic mass is 31.2. The van der Waals surface area contributed by atoms with Crippen LogP contribution in [0.3, 0.4) is 0 Å². The normalized spacial score (nSPS) is 12.9. The number of rotatable bonds is 65. The third-order valence-corrected chi connectivity index (χ3v) is 26.8. The summed E-state index contributed by atoms with van der Waals surface area (Å²) in [6.07, 6.45) is 51.3. The fourth-order valence-corrected chi connectivity index (χ4v) is 19.5. The molecule has 0 saturated heterocycles. The molecule has 0 saturated carbocycles. The molecule has 3 unspecified atom stereocenters. The Morgan fingerprint density at radius 1 is 0.263 bits per heavy atom. The summed E-state index contributed by atoms with van der Waals surface area (Å²) in [6, 6.07) is 40.2. The maximum absolute atomic E-state index is 7.46. The van der Waals surface area contributed by atoms with Crippen molar-refractivity contribution < 1.29 is 40.7 Å². The molecule has 0 N–H and O–H groups in total. The number of hydrogen-bond donors (Lipinski definition) is 0. The molecule has 3 atom stereocenters. The largest absolute Gasteiger partial charge is 0.530 e. The van der Waals surface area contributed by atoms with Crippen molar-refractivity contribution in [3.8, 4) is 34.5 Å².